The number of phenols is 1. The van der Waals surface area contributed by atoms with Crippen molar-refractivity contribution in [2.75, 3.05) is 12.4 Å². The van der Waals surface area contributed by atoms with E-state index in [0.29, 0.717) is 11.3 Å². The smallest absolute Gasteiger partial charge is 0.335 e. The number of halogens is 1. The fraction of sp³-hybridized carbons (Fsp3) is 0.0800. The van der Waals surface area contributed by atoms with Gasteiger partial charge in [0.2, 0.25) is 0 Å². The van der Waals surface area contributed by atoms with E-state index in [4.69, 9.17) is 26.2 Å². The van der Waals surface area contributed by atoms with Gasteiger partial charge in [-0.25, -0.2) is 4.79 Å². The maximum absolute atomic E-state index is 12.5. The van der Waals surface area contributed by atoms with E-state index in [-0.39, 0.29) is 40.0 Å². The second kappa shape index (κ2) is 10.9. The van der Waals surface area contributed by atoms with Crippen LogP contribution in [-0.2, 0) is 11.4 Å². The van der Waals surface area contributed by atoms with Gasteiger partial charge in [-0.15, -0.1) is 0 Å². The van der Waals surface area contributed by atoms with E-state index in [2.05, 4.69) is 5.32 Å². The number of nitrogens with one attached hydrogen (secondary N) is 1. The summed E-state index contributed by atoms with van der Waals surface area (Å²) < 4.78 is 11.1. The molecule has 0 heterocycles. The number of aromatic hydroxyl groups is 1. The molecule has 0 radical (unpaired) electrons. The number of carboxylic acid groups (broad SMARTS) is 1. The molecule has 3 aromatic rings. The Morgan fingerprint density at radius 3 is 2.38 bits per heavy atom. The van der Waals surface area contributed by atoms with E-state index in [9.17, 15) is 20.0 Å². The topological polar surface area (TPSA) is 129 Å². The van der Waals surface area contributed by atoms with E-state index in [1.807, 2.05) is 6.07 Å². The van der Waals surface area contributed by atoms with Gasteiger partial charge in [0.25, 0.3) is 5.91 Å². The molecule has 0 aliphatic heterocycles. The third kappa shape index (κ3) is 6.06. The van der Waals surface area contributed by atoms with E-state index in [1.54, 1.807) is 18.2 Å². The highest BCUT2D eigenvalue weighted by atomic mass is 35.5. The van der Waals surface area contributed by atoms with Crippen molar-refractivity contribution in [1.82, 2.24) is 0 Å². The average molecular weight is 479 g/mol. The molecule has 0 aliphatic rings. The number of amides is 1. The summed E-state index contributed by atoms with van der Waals surface area (Å²) in [6.07, 6.45) is 1.36. The number of carbonyl (C=O) groups excluding carboxylic acids is 1. The third-order valence-corrected chi connectivity index (χ3v) is 4.92. The third-order valence-electron chi connectivity index (χ3n) is 4.64. The molecular formula is C25H19ClN2O6. The van der Waals surface area contributed by atoms with E-state index < -0.39 is 11.9 Å². The zero-order valence-electron chi connectivity index (χ0n) is 17.9. The van der Waals surface area contributed by atoms with Crippen LogP contribution in [0, 0.1) is 11.3 Å². The normalized spacial score (nSPS) is 10.8. The first-order chi connectivity index (χ1) is 16.3. The van der Waals surface area contributed by atoms with Gasteiger partial charge in [-0.05, 0) is 65.7 Å². The van der Waals surface area contributed by atoms with Crippen LogP contribution >= 0.6 is 11.6 Å². The molecule has 0 bridgehead atoms. The largest absolute Gasteiger partial charge is 0.508 e. The lowest BCUT2D eigenvalue weighted by Gasteiger charge is -2.14. The molecule has 1 amide bonds. The molecule has 3 aromatic carbocycles. The van der Waals surface area contributed by atoms with Crippen LogP contribution in [0.1, 0.15) is 21.5 Å². The minimum atomic E-state index is -1.02. The Labute approximate surface area is 200 Å². The number of hydrogen-bond acceptors (Lipinski definition) is 6. The average Bonchev–Trinajstić information content (AvgIpc) is 2.83. The number of carboxylic acids is 1. The van der Waals surface area contributed by atoms with Gasteiger partial charge in [0, 0.05) is 5.69 Å². The SMILES string of the molecule is COc1cc(/C=C(\C#N)C(=O)Nc2ccc(O)cc2)cc(Cl)c1OCc1ccc(C(=O)O)cc1. The van der Waals surface area contributed by atoms with Crippen molar-refractivity contribution in [1.29, 1.82) is 5.26 Å². The van der Waals surface area contributed by atoms with E-state index in [0.717, 1.165) is 5.56 Å². The molecule has 0 fully saturated rings. The molecule has 3 N–H and O–H groups in total. The first-order valence-electron chi connectivity index (χ1n) is 9.85. The summed E-state index contributed by atoms with van der Waals surface area (Å²) in [4.78, 5) is 23.4. The number of aromatic carboxylic acids is 1. The van der Waals surface area contributed by atoms with Gasteiger partial charge in [-0.1, -0.05) is 23.7 Å². The van der Waals surface area contributed by atoms with Crippen LogP contribution < -0.4 is 14.8 Å². The number of phenolic OH excluding ortho intramolecular Hbond substituents is 1. The van der Waals surface area contributed by atoms with Gasteiger partial charge in [0.15, 0.2) is 11.5 Å². The van der Waals surface area contributed by atoms with Crippen molar-refractivity contribution >= 4 is 35.2 Å². The molecule has 0 unspecified atom stereocenters. The Morgan fingerprint density at radius 1 is 1.12 bits per heavy atom. The first-order valence-corrected chi connectivity index (χ1v) is 10.2. The highest BCUT2D eigenvalue weighted by Gasteiger charge is 2.15. The van der Waals surface area contributed by atoms with Crippen LogP contribution in [0.4, 0.5) is 5.69 Å². The molecule has 172 valence electrons. The summed E-state index contributed by atoms with van der Waals surface area (Å²) in [7, 11) is 1.43. The summed E-state index contributed by atoms with van der Waals surface area (Å²) in [6, 6.07) is 17.0. The highest BCUT2D eigenvalue weighted by Crippen LogP contribution is 2.37. The van der Waals surface area contributed by atoms with Crippen LogP contribution in [0.25, 0.3) is 6.08 Å². The minimum absolute atomic E-state index is 0.0513. The Bertz CT molecular complexity index is 1280. The zero-order chi connectivity index (χ0) is 24.7. The Morgan fingerprint density at radius 2 is 1.79 bits per heavy atom. The summed E-state index contributed by atoms with van der Waals surface area (Å²) >= 11 is 6.38. The fourth-order valence-electron chi connectivity index (χ4n) is 2.92. The number of anilines is 1. The van der Waals surface area contributed by atoms with Gasteiger partial charge in [-0.2, -0.15) is 5.26 Å². The van der Waals surface area contributed by atoms with Crippen LogP contribution in [-0.4, -0.2) is 29.2 Å². The molecule has 3 rings (SSSR count). The second-order valence-corrected chi connectivity index (χ2v) is 7.40. The highest BCUT2D eigenvalue weighted by molar-refractivity contribution is 6.32. The van der Waals surface area contributed by atoms with E-state index >= 15 is 0 Å². The van der Waals surface area contributed by atoms with Crippen molar-refractivity contribution in [2.45, 2.75) is 6.61 Å². The summed E-state index contributed by atoms with van der Waals surface area (Å²) in [5.41, 5.74) is 1.58. The van der Waals surface area contributed by atoms with Crippen LogP contribution in [0.2, 0.25) is 5.02 Å². The van der Waals surface area contributed by atoms with Crippen molar-refractivity contribution in [3.63, 3.8) is 0 Å². The Kier molecular flexibility index (Phi) is 7.75. The maximum Gasteiger partial charge on any atom is 0.335 e. The van der Waals surface area contributed by atoms with Gasteiger partial charge >= 0.3 is 5.97 Å². The standard InChI is InChI=1S/C25H19ClN2O6/c1-33-22-12-16(10-18(13-27)24(30)28-19-6-8-20(29)9-7-19)11-21(26)23(22)34-14-15-2-4-17(5-3-15)25(31)32/h2-12,29H,14H2,1H3,(H,28,30)(H,31,32)/b18-10+. The van der Waals surface area contributed by atoms with Crippen molar-refractivity contribution in [2.24, 2.45) is 0 Å². The molecule has 8 nitrogen and oxygen atoms in total. The molecule has 0 spiro atoms. The summed E-state index contributed by atoms with van der Waals surface area (Å²) in [5, 5.41) is 30.6. The predicted molar refractivity (Wildman–Crippen MR) is 126 cm³/mol. The zero-order valence-corrected chi connectivity index (χ0v) is 18.7. The number of hydrogen-bond donors (Lipinski definition) is 3. The van der Waals surface area contributed by atoms with Crippen LogP contribution in [0.3, 0.4) is 0 Å². The molecule has 0 saturated carbocycles. The molecule has 34 heavy (non-hydrogen) atoms. The monoisotopic (exact) mass is 478 g/mol. The van der Waals surface area contributed by atoms with Crippen molar-refractivity contribution < 1.29 is 29.3 Å². The lowest BCUT2D eigenvalue weighted by molar-refractivity contribution is -0.112. The number of ether oxygens (including phenoxy) is 2. The second-order valence-electron chi connectivity index (χ2n) is 7.00. The van der Waals surface area contributed by atoms with Crippen molar-refractivity contribution in [3.8, 4) is 23.3 Å². The first kappa shape index (κ1) is 24.2. The number of rotatable bonds is 8. The molecule has 0 saturated heterocycles. The number of nitrogens with zero attached hydrogens (tertiary/aromatic N) is 1. The molecule has 9 heteroatoms. The minimum Gasteiger partial charge on any atom is -0.508 e. The lowest BCUT2D eigenvalue weighted by atomic mass is 10.1. The predicted octanol–water partition coefficient (Wildman–Crippen LogP) is 4.88. The van der Waals surface area contributed by atoms with Gasteiger partial charge in [0.1, 0.15) is 24.0 Å². The van der Waals surface area contributed by atoms with Crippen LogP contribution in [0.15, 0.2) is 66.2 Å². The van der Waals surface area contributed by atoms with Crippen LogP contribution in [0.5, 0.6) is 17.2 Å². The Balaban J connectivity index is 1.78. The van der Waals surface area contributed by atoms with E-state index in [1.165, 1.54) is 55.7 Å². The Hall–Kier alpha value is -4.48. The summed E-state index contributed by atoms with van der Waals surface area (Å²) in [6.45, 7) is 0.115. The lowest BCUT2D eigenvalue weighted by Crippen LogP contribution is -2.13. The summed E-state index contributed by atoms with van der Waals surface area (Å²) in [5.74, 6) is -1.05. The number of benzene rings is 3. The molecule has 0 atom stereocenters. The number of methoxy groups -OCH3 is 1. The van der Waals surface area contributed by atoms with Gasteiger partial charge < -0.3 is 25.0 Å². The van der Waals surface area contributed by atoms with Gasteiger partial charge in [-0.3, -0.25) is 4.79 Å². The van der Waals surface area contributed by atoms with Gasteiger partial charge in [0.05, 0.1) is 17.7 Å². The molecule has 0 aromatic heterocycles. The number of nitriles is 1. The molecular weight excluding hydrogens is 460 g/mol. The molecule has 0 aliphatic carbocycles. The quantitative estimate of drug-likeness (QED) is 0.239. The number of carbonyl (C=O) groups is 2. The maximum atomic E-state index is 12.5. The van der Waals surface area contributed by atoms with Crippen molar-refractivity contribution in [3.05, 3.63) is 87.9 Å². The fourth-order valence-corrected chi connectivity index (χ4v) is 3.19.